The van der Waals surface area contributed by atoms with Gasteiger partial charge >= 0.3 is 0 Å². The second-order valence-corrected chi connectivity index (χ2v) is 15.6. The SMILES string of the molecule is c1ccc(-c2cc(-c3ccccc3)cc(-c3cc(-c4ccccc4)ccc3-c3ccc4c(c3)sc3cc5c(cc34)c3ccccc3n5-c3ccccc3)c2)cc1. The highest BCUT2D eigenvalue weighted by atomic mass is 32.1. The summed E-state index contributed by atoms with van der Waals surface area (Å²) < 4.78 is 5.00. The lowest BCUT2D eigenvalue weighted by atomic mass is 9.87. The van der Waals surface area contributed by atoms with E-state index in [1.165, 1.54) is 103 Å². The minimum absolute atomic E-state index is 1.18. The number of hydrogen-bond donors (Lipinski definition) is 0. The van der Waals surface area contributed by atoms with Crippen LogP contribution in [0.15, 0.2) is 212 Å². The molecule has 0 aliphatic heterocycles. The molecule has 0 N–H and O–H groups in total. The molecular weight excluding hydrogens is 695 g/mol. The Hall–Kier alpha value is -7.00. The fourth-order valence-electron chi connectivity index (χ4n) is 8.48. The predicted octanol–water partition coefficient (Wildman–Crippen LogP) is 15.5. The number of fused-ring (bicyclic) bond motifs is 6. The van der Waals surface area contributed by atoms with Crippen LogP contribution in [0.2, 0.25) is 0 Å². The van der Waals surface area contributed by atoms with Gasteiger partial charge in [-0.3, -0.25) is 0 Å². The normalized spacial score (nSPS) is 11.6. The molecule has 56 heavy (non-hydrogen) atoms. The molecular formula is C54H35NS. The molecule has 11 aromatic rings. The summed E-state index contributed by atoms with van der Waals surface area (Å²) in [5.74, 6) is 0. The lowest BCUT2D eigenvalue weighted by Crippen LogP contribution is -1.92. The van der Waals surface area contributed by atoms with E-state index in [0.29, 0.717) is 0 Å². The van der Waals surface area contributed by atoms with E-state index in [2.05, 4.69) is 217 Å². The summed E-state index contributed by atoms with van der Waals surface area (Å²) in [5, 5.41) is 5.17. The molecule has 1 nitrogen and oxygen atoms in total. The Morgan fingerprint density at radius 3 is 1.50 bits per heavy atom. The fourth-order valence-corrected chi connectivity index (χ4v) is 9.64. The van der Waals surface area contributed by atoms with Gasteiger partial charge in [0.1, 0.15) is 0 Å². The maximum absolute atomic E-state index is 2.42. The van der Waals surface area contributed by atoms with Crippen LogP contribution in [0.3, 0.4) is 0 Å². The molecule has 0 saturated heterocycles. The molecule has 0 aliphatic rings. The maximum Gasteiger partial charge on any atom is 0.0555 e. The van der Waals surface area contributed by atoms with Gasteiger partial charge in [-0.05, 0) is 116 Å². The lowest BCUT2D eigenvalue weighted by Gasteiger charge is -2.16. The Balaban J connectivity index is 1.12. The van der Waals surface area contributed by atoms with Crippen LogP contribution in [0.4, 0.5) is 0 Å². The highest BCUT2D eigenvalue weighted by molar-refractivity contribution is 7.26. The van der Waals surface area contributed by atoms with Gasteiger partial charge in [0.05, 0.1) is 11.0 Å². The molecule has 11 rings (SSSR count). The van der Waals surface area contributed by atoms with Crippen molar-refractivity contribution in [3.63, 3.8) is 0 Å². The lowest BCUT2D eigenvalue weighted by molar-refractivity contribution is 1.18. The number of nitrogens with zero attached hydrogens (tertiary/aromatic N) is 1. The van der Waals surface area contributed by atoms with E-state index in [0.717, 1.165) is 0 Å². The van der Waals surface area contributed by atoms with Crippen molar-refractivity contribution in [2.45, 2.75) is 0 Å². The summed E-state index contributed by atoms with van der Waals surface area (Å²) in [7, 11) is 0. The van der Waals surface area contributed by atoms with E-state index >= 15 is 0 Å². The first-order valence-electron chi connectivity index (χ1n) is 19.2. The molecule has 0 unspecified atom stereocenters. The van der Waals surface area contributed by atoms with Gasteiger partial charge in [-0.15, -0.1) is 11.3 Å². The summed E-state index contributed by atoms with van der Waals surface area (Å²) in [6.07, 6.45) is 0. The molecule has 262 valence electrons. The number of hydrogen-bond acceptors (Lipinski definition) is 1. The number of thiophene rings is 1. The molecule has 0 amide bonds. The Labute approximate surface area is 330 Å². The Bertz CT molecular complexity index is 3150. The molecule has 0 fully saturated rings. The summed E-state index contributed by atoms with van der Waals surface area (Å²) in [6.45, 7) is 0. The van der Waals surface area contributed by atoms with Crippen LogP contribution < -0.4 is 0 Å². The van der Waals surface area contributed by atoms with E-state index in [-0.39, 0.29) is 0 Å². The first-order chi connectivity index (χ1) is 27.7. The molecule has 0 saturated carbocycles. The topological polar surface area (TPSA) is 4.93 Å². The first-order valence-corrected chi connectivity index (χ1v) is 20.0. The van der Waals surface area contributed by atoms with Gasteiger partial charge in [-0.25, -0.2) is 0 Å². The standard InChI is InChI=1S/C54H35NS/c1-5-15-36(16-6-1)39-25-27-45(48(32-39)43-30-41(37-17-7-2-8-18-37)29-42(31-43)38-19-9-3-10-20-38)40-26-28-47-50-34-49-46-23-13-14-24-51(46)55(44-21-11-4-12-22-44)52(49)35-54(50)56-53(47)33-40/h1-35H. The highest BCUT2D eigenvalue weighted by Crippen LogP contribution is 2.44. The van der Waals surface area contributed by atoms with Crippen LogP contribution >= 0.6 is 11.3 Å². The molecule has 9 aromatic carbocycles. The summed E-state index contributed by atoms with van der Waals surface area (Å²) >= 11 is 1.89. The minimum Gasteiger partial charge on any atom is -0.309 e. The van der Waals surface area contributed by atoms with Crippen molar-refractivity contribution in [1.29, 1.82) is 0 Å². The smallest absolute Gasteiger partial charge is 0.0555 e. The van der Waals surface area contributed by atoms with E-state index < -0.39 is 0 Å². The van der Waals surface area contributed by atoms with Crippen LogP contribution in [0.5, 0.6) is 0 Å². The second-order valence-electron chi connectivity index (χ2n) is 14.5. The zero-order valence-electron chi connectivity index (χ0n) is 30.6. The van der Waals surface area contributed by atoms with Gasteiger partial charge in [0.25, 0.3) is 0 Å². The monoisotopic (exact) mass is 729 g/mol. The zero-order valence-corrected chi connectivity index (χ0v) is 31.4. The predicted molar refractivity (Wildman–Crippen MR) is 241 cm³/mol. The van der Waals surface area contributed by atoms with Crippen molar-refractivity contribution in [3.05, 3.63) is 212 Å². The third-order valence-electron chi connectivity index (χ3n) is 11.2. The largest absolute Gasteiger partial charge is 0.309 e. The first kappa shape index (κ1) is 32.4. The fraction of sp³-hybridized carbons (Fsp3) is 0. The van der Waals surface area contributed by atoms with Gasteiger partial charge < -0.3 is 4.57 Å². The van der Waals surface area contributed by atoms with Crippen LogP contribution in [-0.2, 0) is 0 Å². The average molecular weight is 730 g/mol. The quantitative estimate of drug-likeness (QED) is 0.161. The van der Waals surface area contributed by atoms with E-state index in [1.807, 2.05) is 11.3 Å². The zero-order chi connectivity index (χ0) is 37.0. The Morgan fingerprint density at radius 1 is 0.268 bits per heavy atom. The van der Waals surface area contributed by atoms with Gasteiger partial charge in [-0.1, -0.05) is 152 Å². The van der Waals surface area contributed by atoms with Gasteiger partial charge in [-0.2, -0.15) is 0 Å². The van der Waals surface area contributed by atoms with Gasteiger partial charge in [0, 0.05) is 36.6 Å². The number of aromatic nitrogens is 1. The number of rotatable bonds is 6. The van der Waals surface area contributed by atoms with E-state index in [1.54, 1.807) is 0 Å². The van der Waals surface area contributed by atoms with Crippen molar-refractivity contribution >= 4 is 53.3 Å². The number of benzene rings is 9. The van der Waals surface area contributed by atoms with E-state index in [9.17, 15) is 0 Å². The van der Waals surface area contributed by atoms with Crippen molar-refractivity contribution in [2.75, 3.05) is 0 Å². The van der Waals surface area contributed by atoms with Crippen LogP contribution in [0.25, 0.3) is 103 Å². The van der Waals surface area contributed by atoms with Crippen LogP contribution in [-0.4, -0.2) is 4.57 Å². The third-order valence-corrected chi connectivity index (χ3v) is 12.3. The molecule has 2 heterocycles. The Morgan fingerprint density at radius 2 is 0.821 bits per heavy atom. The maximum atomic E-state index is 2.42. The Kier molecular flexibility index (Phi) is 7.75. The molecule has 0 aliphatic carbocycles. The van der Waals surface area contributed by atoms with Gasteiger partial charge in [0.15, 0.2) is 0 Å². The molecule has 0 radical (unpaired) electrons. The minimum atomic E-state index is 1.18. The molecule has 0 spiro atoms. The van der Waals surface area contributed by atoms with Crippen molar-refractivity contribution in [1.82, 2.24) is 4.57 Å². The van der Waals surface area contributed by atoms with Crippen LogP contribution in [0, 0.1) is 0 Å². The summed E-state index contributed by atoms with van der Waals surface area (Å²) in [4.78, 5) is 0. The second kappa shape index (κ2) is 13.4. The van der Waals surface area contributed by atoms with Crippen molar-refractivity contribution < 1.29 is 0 Å². The van der Waals surface area contributed by atoms with Crippen LogP contribution in [0.1, 0.15) is 0 Å². The van der Waals surface area contributed by atoms with Gasteiger partial charge in [0.2, 0.25) is 0 Å². The van der Waals surface area contributed by atoms with E-state index in [4.69, 9.17) is 0 Å². The highest BCUT2D eigenvalue weighted by Gasteiger charge is 2.18. The molecule has 0 bridgehead atoms. The molecule has 0 atom stereocenters. The molecule has 2 heteroatoms. The van der Waals surface area contributed by atoms with Crippen molar-refractivity contribution in [2.24, 2.45) is 0 Å². The third kappa shape index (κ3) is 5.54. The average Bonchev–Trinajstić information content (AvgIpc) is 3.80. The molecule has 2 aromatic heterocycles. The number of para-hydroxylation sites is 2. The summed E-state index contributed by atoms with van der Waals surface area (Å²) in [5.41, 5.74) is 15.8. The summed E-state index contributed by atoms with van der Waals surface area (Å²) in [6, 6.07) is 77.7. The van der Waals surface area contributed by atoms with Crippen molar-refractivity contribution in [3.8, 4) is 61.3 Å².